The first kappa shape index (κ1) is 19.0. The van der Waals surface area contributed by atoms with Crippen LogP contribution in [0.15, 0.2) is 42.6 Å². The van der Waals surface area contributed by atoms with Crippen LogP contribution in [0, 0.1) is 5.92 Å². The van der Waals surface area contributed by atoms with Gasteiger partial charge in [-0.05, 0) is 30.2 Å². The quantitative estimate of drug-likeness (QED) is 0.847. The van der Waals surface area contributed by atoms with Gasteiger partial charge in [0.2, 0.25) is 5.91 Å². The number of pyridine rings is 1. The van der Waals surface area contributed by atoms with Gasteiger partial charge in [0.1, 0.15) is 11.6 Å². The molecule has 27 heavy (non-hydrogen) atoms. The van der Waals surface area contributed by atoms with Crippen molar-refractivity contribution in [2.75, 3.05) is 48.4 Å². The number of rotatable bonds is 6. The minimum absolute atomic E-state index is 0.0324. The van der Waals surface area contributed by atoms with Gasteiger partial charge in [-0.3, -0.25) is 4.79 Å². The molecule has 0 bridgehead atoms. The number of hydrogen-bond acceptors (Lipinski definition) is 5. The van der Waals surface area contributed by atoms with E-state index in [0.717, 1.165) is 49.1 Å². The molecule has 6 nitrogen and oxygen atoms in total. The van der Waals surface area contributed by atoms with E-state index in [-0.39, 0.29) is 5.91 Å². The summed E-state index contributed by atoms with van der Waals surface area (Å²) in [6, 6.07) is 12.0. The number of aromatic nitrogens is 1. The number of carbonyl (C=O) groups is 1. The number of benzene rings is 1. The third-order valence-electron chi connectivity index (χ3n) is 4.65. The van der Waals surface area contributed by atoms with Crippen LogP contribution in [0.3, 0.4) is 0 Å². The molecule has 0 radical (unpaired) electrons. The van der Waals surface area contributed by atoms with Gasteiger partial charge in [0.05, 0.1) is 24.7 Å². The Morgan fingerprint density at radius 3 is 2.44 bits per heavy atom. The largest absolute Gasteiger partial charge is 0.495 e. The highest BCUT2D eigenvalue weighted by Crippen LogP contribution is 2.29. The maximum absolute atomic E-state index is 11.9. The molecule has 0 unspecified atom stereocenters. The first-order valence-electron chi connectivity index (χ1n) is 9.45. The molecular weight excluding hydrogens is 340 g/mol. The van der Waals surface area contributed by atoms with Crippen molar-refractivity contribution in [3.05, 3.63) is 42.6 Å². The van der Waals surface area contributed by atoms with E-state index in [9.17, 15) is 4.79 Å². The zero-order chi connectivity index (χ0) is 19.2. The molecule has 6 heteroatoms. The van der Waals surface area contributed by atoms with Gasteiger partial charge in [0.15, 0.2) is 0 Å². The fraction of sp³-hybridized carbons (Fsp3) is 0.429. The van der Waals surface area contributed by atoms with Gasteiger partial charge in [-0.25, -0.2) is 4.98 Å². The summed E-state index contributed by atoms with van der Waals surface area (Å²) in [6.45, 7) is 7.68. The average molecular weight is 368 g/mol. The number of carbonyl (C=O) groups excluding carboxylic acids is 1. The molecule has 3 rings (SSSR count). The highest BCUT2D eigenvalue weighted by atomic mass is 16.5. The fourth-order valence-electron chi connectivity index (χ4n) is 3.30. The van der Waals surface area contributed by atoms with E-state index < -0.39 is 0 Å². The van der Waals surface area contributed by atoms with Gasteiger partial charge in [-0.15, -0.1) is 0 Å². The molecule has 1 aliphatic heterocycles. The second-order valence-corrected chi connectivity index (χ2v) is 7.20. The van der Waals surface area contributed by atoms with E-state index in [1.54, 1.807) is 13.3 Å². The smallest absolute Gasteiger partial charge is 0.224 e. The number of amides is 1. The van der Waals surface area contributed by atoms with Crippen molar-refractivity contribution in [1.82, 2.24) is 4.98 Å². The van der Waals surface area contributed by atoms with E-state index in [4.69, 9.17) is 4.74 Å². The number of ether oxygens (including phenoxy) is 1. The highest BCUT2D eigenvalue weighted by Gasteiger charge is 2.20. The average Bonchev–Trinajstić information content (AvgIpc) is 2.68. The molecular formula is C21H28N4O2. The summed E-state index contributed by atoms with van der Waals surface area (Å²) in [5, 5.41) is 2.90. The third-order valence-corrected chi connectivity index (χ3v) is 4.65. The lowest BCUT2D eigenvalue weighted by Gasteiger charge is -2.37. The van der Waals surface area contributed by atoms with Crippen LogP contribution in [-0.2, 0) is 4.79 Å². The number of piperazine rings is 1. The van der Waals surface area contributed by atoms with Crippen LogP contribution in [0.25, 0.3) is 0 Å². The molecule has 1 fully saturated rings. The SMILES string of the molecule is COc1ccccc1N1CCN(c2ccc(NC(=O)CC(C)C)cn2)CC1. The number of nitrogens with zero attached hydrogens (tertiary/aromatic N) is 3. The molecule has 0 atom stereocenters. The minimum Gasteiger partial charge on any atom is -0.495 e. The molecule has 2 aromatic rings. The van der Waals surface area contributed by atoms with Gasteiger partial charge in [0.25, 0.3) is 0 Å². The van der Waals surface area contributed by atoms with Crippen molar-refractivity contribution < 1.29 is 9.53 Å². The predicted molar refractivity (Wildman–Crippen MR) is 110 cm³/mol. The molecule has 0 aliphatic carbocycles. The van der Waals surface area contributed by atoms with Crippen LogP contribution in [0.2, 0.25) is 0 Å². The molecule has 1 N–H and O–H groups in total. The Hall–Kier alpha value is -2.76. The number of hydrogen-bond donors (Lipinski definition) is 1. The second-order valence-electron chi connectivity index (χ2n) is 7.20. The molecule has 1 aliphatic rings. The van der Waals surface area contributed by atoms with Crippen molar-refractivity contribution in [3.63, 3.8) is 0 Å². The van der Waals surface area contributed by atoms with E-state index >= 15 is 0 Å². The summed E-state index contributed by atoms with van der Waals surface area (Å²) in [4.78, 5) is 21.0. The first-order chi connectivity index (χ1) is 13.1. The Kier molecular flexibility index (Phi) is 6.16. The van der Waals surface area contributed by atoms with Gasteiger partial charge < -0.3 is 19.9 Å². The summed E-state index contributed by atoms with van der Waals surface area (Å²) < 4.78 is 5.48. The van der Waals surface area contributed by atoms with Crippen LogP contribution in [0.5, 0.6) is 5.75 Å². The zero-order valence-corrected chi connectivity index (χ0v) is 16.3. The normalized spacial score (nSPS) is 14.4. The van der Waals surface area contributed by atoms with Crippen molar-refractivity contribution >= 4 is 23.1 Å². The standard InChI is InChI=1S/C21H28N4O2/c1-16(2)14-21(26)23-17-8-9-20(22-15-17)25-12-10-24(11-13-25)18-6-4-5-7-19(18)27-3/h4-9,15-16H,10-14H2,1-3H3,(H,23,26). The molecule has 0 saturated carbocycles. The molecule has 1 saturated heterocycles. The summed E-state index contributed by atoms with van der Waals surface area (Å²) in [5.41, 5.74) is 1.88. The minimum atomic E-state index is 0.0324. The zero-order valence-electron chi connectivity index (χ0n) is 16.3. The van der Waals surface area contributed by atoms with Crippen LogP contribution in [0.1, 0.15) is 20.3 Å². The summed E-state index contributed by atoms with van der Waals surface area (Å²) in [5.74, 6) is 2.23. The summed E-state index contributed by atoms with van der Waals surface area (Å²) in [6.07, 6.45) is 2.26. The molecule has 1 aromatic heterocycles. The van der Waals surface area contributed by atoms with Gasteiger partial charge in [-0.1, -0.05) is 26.0 Å². The van der Waals surface area contributed by atoms with E-state index in [0.29, 0.717) is 12.3 Å². The monoisotopic (exact) mass is 368 g/mol. The summed E-state index contributed by atoms with van der Waals surface area (Å²) >= 11 is 0. The molecule has 2 heterocycles. The van der Waals surface area contributed by atoms with Crippen molar-refractivity contribution in [3.8, 4) is 5.75 Å². The second kappa shape index (κ2) is 8.75. The van der Waals surface area contributed by atoms with E-state index in [2.05, 4.69) is 26.2 Å². The highest BCUT2D eigenvalue weighted by molar-refractivity contribution is 5.90. The maximum Gasteiger partial charge on any atom is 0.224 e. The van der Waals surface area contributed by atoms with Crippen LogP contribution in [-0.4, -0.2) is 44.2 Å². The van der Waals surface area contributed by atoms with Crippen molar-refractivity contribution in [1.29, 1.82) is 0 Å². The number of nitrogens with one attached hydrogen (secondary N) is 1. The number of para-hydroxylation sites is 2. The molecule has 1 amide bonds. The lowest BCUT2D eigenvalue weighted by molar-refractivity contribution is -0.116. The first-order valence-corrected chi connectivity index (χ1v) is 9.45. The van der Waals surface area contributed by atoms with Gasteiger partial charge in [0, 0.05) is 32.6 Å². The van der Waals surface area contributed by atoms with Crippen molar-refractivity contribution in [2.45, 2.75) is 20.3 Å². The fourth-order valence-corrected chi connectivity index (χ4v) is 3.30. The lowest BCUT2D eigenvalue weighted by atomic mass is 10.1. The van der Waals surface area contributed by atoms with Crippen molar-refractivity contribution in [2.24, 2.45) is 5.92 Å². The Morgan fingerprint density at radius 2 is 1.81 bits per heavy atom. The molecule has 144 valence electrons. The van der Waals surface area contributed by atoms with Gasteiger partial charge >= 0.3 is 0 Å². The predicted octanol–water partition coefficient (Wildman–Crippen LogP) is 3.40. The number of anilines is 3. The van der Waals surface area contributed by atoms with E-state index in [1.807, 2.05) is 44.2 Å². The Labute approximate surface area is 161 Å². The molecule has 1 aromatic carbocycles. The van der Waals surface area contributed by atoms with Gasteiger partial charge in [-0.2, -0.15) is 0 Å². The molecule has 0 spiro atoms. The summed E-state index contributed by atoms with van der Waals surface area (Å²) in [7, 11) is 1.71. The number of methoxy groups -OCH3 is 1. The van der Waals surface area contributed by atoms with Crippen LogP contribution in [0.4, 0.5) is 17.2 Å². The van der Waals surface area contributed by atoms with E-state index in [1.165, 1.54) is 0 Å². The van der Waals surface area contributed by atoms with Crippen LogP contribution < -0.4 is 19.9 Å². The third kappa shape index (κ3) is 4.90. The topological polar surface area (TPSA) is 57.7 Å². The maximum atomic E-state index is 11.9. The lowest BCUT2D eigenvalue weighted by Crippen LogP contribution is -2.46. The Morgan fingerprint density at radius 1 is 1.11 bits per heavy atom. The Balaban J connectivity index is 1.57. The van der Waals surface area contributed by atoms with Crippen LogP contribution >= 0.6 is 0 Å². The Bertz CT molecular complexity index is 753.